The number of halogens is 1. The minimum absolute atomic E-state index is 0.125. The van der Waals surface area contributed by atoms with E-state index in [0.29, 0.717) is 35.0 Å². The monoisotopic (exact) mass is 494 g/mol. The topological polar surface area (TPSA) is 84.9 Å². The molecular weight excluding hydrogens is 472 g/mol. The number of sulfonamides is 1. The Bertz CT molecular complexity index is 1070. The van der Waals surface area contributed by atoms with Crippen molar-refractivity contribution in [2.24, 2.45) is 5.92 Å². The van der Waals surface area contributed by atoms with Crippen LogP contribution in [0.3, 0.4) is 0 Å². The van der Waals surface area contributed by atoms with Gasteiger partial charge in [-0.25, -0.2) is 8.42 Å². The van der Waals surface area contributed by atoms with Crippen LogP contribution in [0.4, 0.5) is 0 Å². The molecule has 7 nitrogen and oxygen atoms in total. The first-order valence-corrected chi connectivity index (χ1v) is 12.0. The minimum Gasteiger partial charge on any atom is -0.454 e. The van der Waals surface area contributed by atoms with Crippen molar-refractivity contribution in [1.29, 1.82) is 0 Å². The lowest BCUT2D eigenvalue weighted by Crippen LogP contribution is -2.38. The quantitative estimate of drug-likeness (QED) is 0.686. The summed E-state index contributed by atoms with van der Waals surface area (Å²) >= 11 is 3.34. The first-order valence-electron chi connectivity index (χ1n) is 9.80. The largest absolute Gasteiger partial charge is 0.454 e. The Labute approximate surface area is 184 Å². The van der Waals surface area contributed by atoms with E-state index >= 15 is 0 Å². The molecule has 2 aromatic carbocycles. The fourth-order valence-corrected chi connectivity index (χ4v) is 5.74. The van der Waals surface area contributed by atoms with Crippen LogP contribution in [0.25, 0.3) is 0 Å². The van der Waals surface area contributed by atoms with E-state index in [1.165, 1.54) is 10.4 Å². The van der Waals surface area contributed by atoms with E-state index in [-0.39, 0.29) is 29.7 Å². The molecular formula is C21H23BrN2O5S. The predicted molar refractivity (Wildman–Crippen MR) is 115 cm³/mol. The number of nitrogens with zero attached hydrogens (tertiary/aromatic N) is 1. The van der Waals surface area contributed by atoms with Crippen molar-refractivity contribution in [3.05, 3.63) is 52.0 Å². The lowest BCUT2D eigenvalue weighted by molar-refractivity contribution is 0.0950. The van der Waals surface area contributed by atoms with Gasteiger partial charge in [0.05, 0.1) is 4.90 Å². The molecule has 1 amide bonds. The van der Waals surface area contributed by atoms with Crippen LogP contribution in [0.15, 0.2) is 45.8 Å². The highest BCUT2D eigenvalue weighted by atomic mass is 79.9. The van der Waals surface area contributed by atoms with Crippen LogP contribution in [0, 0.1) is 5.92 Å². The number of carbonyl (C=O) groups is 1. The average molecular weight is 495 g/mol. The first kappa shape index (κ1) is 21.1. The summed E-state index contributed by atoms with van der Waals surface area (Å²) in [4.78, 5) is 12.8. The molecule has 160 valence electrons. The second kappa shape index (κ2) is 8.56. The van der Waals surface area contributed by atoms with E-state index in [9.17, 15) is 13.2 Å². The predicted octanol–water partition coefficient (Wildman–Crippen LogP) is 3.53. The molecule has 0 radical (unpaired) electrons. The Morgan fingerprint density at radius 3 is 2.63 bits per heavy atom. The van der Waals surface area contributed by atoms with Gasteiger partial charge in [0, 0.05) is 29.7 Å². The molecule has 0 aliphatic carbocycles. The highest BCUT2D eigenvalue weighted by Gasteiger charge is 2.29. The van der Waals surface area contributed by atoms with E-state index in [0.717, 1.165) is 18.4 Å². The number of amides is 1. The maximum Gasteiger partial charge on any atom is 0.251 e. The third kappa shape index (κ3) is 4.48. The number of carbonyl (C=O) groups excluding carboxylic acids is 1. The third-order valence-electron chi connectivity index (χ3n) is 5.40. The lowest BCUT2D eigenvalue weighted by Gasteiger charge is -2.29. The molecule has 1 saturated heterocycles. The van der Waals surface area contributed by atoms with Gasteiger partial charge >= 0.3 is 0 Å². The summed E-state index contributed by atoms with van der Waals surface area (Å²) in [5.41, 5.74) is 1.15. The van der Waals surface area contributed by atoms with E-state index < -0.39 is 10.0 Å². The van der Waals surface area contributed by atoms with Crippen LogP contribution < -0.4 is 14.8 Å². The number of hydrogen-bond acceptors (Lipinski definition) is 5. The van der Waals surface area contributed by atoms with Gasteiger partial charge in [-0.15, -0.1) is 0 Å². The van der Waals surface area contributed by atoms with Gasteiger partial charge in [-0.05, 0) is 54.7 Å². The van der Waals surface area contributed by atoms with E-state index in [1.807, 2.05) is 12.1 Å². The third-order valence-corrected chi connectivity index (χ3v) is 7.74. The van der Waals surface area contributed by atoms with Crippen LogP contribution in [0.1, 0.15) is 35.7 Å². The molecule has 1 N–H and O–H groups in total. The summed E-state index contributed by atoms with van der Waals surface area (Å²) < 4.78 is 38.8. The molecule has 1 fully saturated rings. The van der Waals surface area contributed by atoms with E-state index in [2.05, 4.69) is 28.2 Å². The summed E-state index contributed by atoms with van der Waals surface area (Å²) in [6.07, 6.45) is 1.69. The molecule has 0 aromatic heterocycles. The fourth-order valence-electron chi connectivity index (χ4n) is 3.55. The maximum atomic E-state index is 13.1. The summed E-state index contributed by atoms with van der Waals surface area (Å²) in [7, 11) is -3.65. The minimum atomic E-state index is -3.65. The smallest absolute Gasteiger partial charge is 0.251 e. The zero-order valence-electron chi connectivity index (χ0n) is 16.6. The lowest BCUT2D eigenvalue weighted by atomic mass is 10.0. The van der Waals surface area contributed by atoms with Gasteiger partial charge in [0.1, 0.15) is 0 Å². The van der Waals surface area contributed by atoms with Gasteiger partial charge in [0.15, 0.2) is 11.5 Å². The van der Waals surface area contributed by atoms with Gasteiger partial charge in [-0.2, -0.15) is 4.31 Å². The zero-order valence-corrected chi connectivity index (χ0v) is 19.0. The van der Waals surface area contributed by atoms with Crippen molar-refractivity contribution >= 4 is 31.9 Å². The standard InChI is InChI=1S/C21H23BrN2O5S/c1-14-4-6-24(7-5-14)30(26,27)18-10-16(9-17(22)11-18)21(25)23-12-15-2-3-19-20(8-15)29-13-28-19/h2-3,8-11,14H,4-7,12-13H2,1H3,(H,23,25). The Morgan fingerprint density at radius 1 is 1.13 bits per heavy atom. The van der Waals surface area contributed by atoms with Crippen LogP contribution in [0.5, 0.6) is 11.5 Å². The Morgan fingerprint density at radius 2 is 1.87 bits per heavy atom. The Balaban J connectivity index is 1.49. The van der Waals surface area contributed by atoms with Crippen molar-refractivity contribution in [1.82, 2.24) is 9.62 Å². The number of ether oxygens (including phenoxy) is 2. The molecule has 2 aliphatic rings. The molecule has 0 unspecified atom stereocenters. The number of hydrogen-bond donors (Lipinski definition) is 1. The van der Waals surface area contributed by atoms with Gasteiger partial charge in [0.2, 0.25) is 16.8 Å². The molecule has 2 heterocycles. The maximum absolute atomic E-state index is 13.1. The summed E-state index contributed by atoms with van der Waals surface area (Å²) in [5.74, 6) is 1.50. The van der Waals surface area contributed by atoms with E-state index in [1.54, 1.807) is 18.2 Å². The van der Waals surface area contributed by atoms with Crippen LogP contribution >= 0.6 is 15.9 Å². The number of piperidine rings is 1. The highest BCUT2D eigenvalue weighted by molar-refractivity contribution is 9.10. The van der Waals surface area contributed by atoms with Gasteiger partial charge in [0.25, 0.3) is 5.91 Å². The van der Waals surface area contributed by atoms with Crippen molar-refractivity contribution < 1.29 is 22.7 Å². The molecule has 2 aromatic rings. The van der Waals surface area contributed by atoms with Crippen LogP contribution in [0.2, 0.25) is 0 Å². The van der Waals surface area contributed by atoms with Crippen molar-refractivity contribution in [2.75, 3.05) is 19.9 Å². The van der Waals surface area contributed by atoms with Gasteiger partial charge < -0.3 is 14.8 Å². The zero-order chi connectivity index (χ0) is 21.3. The van der Waals surface area contributed by atoms with Crippen LogP contribution in [-0.4, -0.2) is 38.5 Å². The van der Waals surface area contributed by atoms with E-state index in [4.69, 9.17) is 9.47 Å². The normalized spacial score (nSPS) is 17.1. The molecule has 9 heteroatoms. The van der Waals surface area contributed by atoms with Gasteiger partial charge in [-0.3, -0.25) is 4.79 Å². The SMILES string of the molecule is CC1CCN(S(=O)(=O)c2cc(Br)cc(C(=O)NCc3ccc4c(c3)OCO4)c2)CC1. The second-order valence-electron chi connectivity index (χ2n) is 7.63. The summed E-state index contributed by atoms with van der Waals surface area (Å²) in [6.45, 7) is 3.61. The number of nitrogens with one attached hydrogen (secondary N) is 1. The molecule has 2 aliphatic heterocycles. The number of fused-ring (bicyclic) bond motifs is 1. The molecule has 0 bridgehead atoms. The number of benzene rings is 2. The molecule has 0 spiro atoms. The van der Waals surface area contributed by atoms with Gasteiger partial charge in [-0.1, -0.05) is 28.9 Å². The molecule has 4 rings (SSSR count). The fraction of sp³-hybridized carbons (Fsp3) is 0.381. The Hall–Kier alpha value is -2.10. The summed E-state index contributed by atoms with van der Waals surface area (Å²) in [6, 6.07) is 10.1. The van der Waals surface area contributed by atoms with Crippen molar-refractivity contribution in [3.8, 4) is 11.5 Å². The van der Waals surface area contributed by atoms with Crippen molar-refractivity contribution in [2.45, 2.75) is 31.2 Å². The molecule has 30 heavy (non-hydrogen) atoms. The summed E-state index contributed by atoms with van der Waals surface area (Å²) in [5, 5.41) is 2.83. The highest BCUT2D eigenvalue weighted by Crippen LogP contribution is 2.32. The van der Waals surface area contributed by atoms with Crippen molar-refractivity contribution in [3.63, 3.8) is 0 Å². The second-order valence-corrected chi connectivity index (χ2v) is 10.5. The first-order chi connectivity index (χ1) is 14.3. The number of rotatable bonds is 5. The average Bonchev–Trinajstić information content (AvgIpc) is 3.19. The molecule has 0 saturated carbocycles. The van der Waals surface area contributed by atoms with Crippen LogP contribution in [-0.2, 0) is 16.6 Å². The molecule has 0 atom stereocenters. The Kier molecular flexibility index (Phi) is 6.04.